The van der Waals surface area contributed by atoms with E-state index in [1.165, 1.54) is 0 Å². The van der Waals surface area contributed by atoms with Crippen molar-refractivity contribution in [3.63, 3.8) is 0 Å². The summed E-state index contributed by atoms with van der Waals surface area (Å²) in [5, 5.41) is 3.22. The third kappa shape index (κ3) is 4.84. The molecule has 0 aromatic heterocycles. The van der Waals surface area contributed by atoms with Crippen LogP contribution < -0.4 is 11.1 Å². The highest BCUT2D eigenvalue weighted by atomic mass is 32.2. The fourth-order valence-electron chi connectivity index (χ4n) is 1.64. The van der Waals surface area contributed by atoms with E-state index < -0.39 is 9.84 Å². The monoisotopic (exact) mass is 284 g/mol. The Balaban J connectivity index is 2.67. The lowest BCUT2D eigenvalue weighted by molar-refractivity contribution is 0.511. The van der Waals surface area contributed by atoms with E-state index in [9.17, 15) is 8.42 Å². The van der Waals surface area contributed by atoms with Gasteiger partial charge in [-0.3, -0.25) is 0 Å². The van der Waals surface area contributed by atoms with Crippen molar-refractivity contribution in [2.45, 2.75) is 38.1 Å². The number of nitrogens with one attached hydrogen (secondary N) is 1. The Hall–Kier alpha value is -1.07. The molecule has 19 heavy (non-hydrogen) atoms. The first-order valence-corrected chi connectivity index (χ1v) is 8.34. The van der Waals surface area contributed by atoms with Crippen LogP contribution in [0.4, 0.5) is 5.69 Å². The lowest BCUT2D eigenvalue weighted by Crippen LogP contribution is -2.33. The van der Waals surface area contributed by atoms with Crippen LogP contribution >= 0.6 is 0 Å². The van der Waals surface area contributed by atoms with Crippen LogP contribution in [0.1, 0.15) is 27.2 Å². The van der Waals surface area contributed by atoms with Crippen molar-refractivity contribution in [1.82, 2.24) is 0 Å². The van der Waals surface area contributed by atoms with Crippen LogP contribution in [0, 0.1) is 5.92 Å². The van der Waals surface area contributed by atoms with Gasteiger partial charge in [-0.25, -0.2) is 8.42 Å². The third-order valence-electron chi connectivity index (χ3n) is 3.08. The Labute approximate surface area is 116 Å². The average Bonchev–Trinajstić information content (AvgIpc) is 2.36. The molecule has 0 spiro atoms. The van der Waals surface area contributed by atoms with Crippen LogP contribution in [0.15, 0.2) is 29.2 Å². The van der Waals surface area contributed by atoms with Crippen LogP contribution in [0.25, 0.3) is 0 Å². The zero-order chi connectivity index (χ0) is 14.5. The van der Waals surface area contributed by atoms with E-state index in [1.54, 1.807) is 24.3 Å². The Morgan fingerprint density at radius 2 is 1.79 bits per heavy atom. The van der Waals surface area contributed by atoms with Crippen molar-refractivity contribution >= 4 is 15.5 Å². The van der Waals surface area contributed by atoms with Gasteiger partial charge in [-0.1, -0.05) is 20.8 Å². The number of nitrogens with two attached hydrogens (primary N) is 1. The largest absolute Gasteiger partial charge is 0.383 e. The highest BCUT2D eigenvalue weighted by Gasteiger charge is 2.12. The number of rotatable bonds is 7. The van der Waals surface area contributed by atoms with Gasteiger partial charge in [0.1, 0.15) is 0 Å². The van der Waals surface area contributed by atoms with Crippen LogP contribution in [0.5, 0.6) is 0 Å². The minimum absolute atomic E-state index is 0.0866. The molecule has 3 N–H and O–H groups in total. The molecule has 0 radical (unpaired) electrons. The molecule has 0 heterocycles. The summed E-state index contributed by atoms with van der Waals surface area (Å²) in [6.07, 6.45) is 0.631. The zero-order valence-corrected chi connectivity index (χ0v) is 12.7. The van der Waals surface area contributed by atoms with Gasteiger partial charge in [0.25, 0.3) is 0 Å². The lowest BCUT2D eigenvalue weighted by atomic mass is 10.1. The summed E-state index contributed by atoms with van der Waals surface area (Å²) in [5.41, 5.74) is 6.84. The lowest BCUT2D eigenvalue weighted by Gasteiger charge is -2.17. The highest BCUT2D eigenvalue weighted by Crippen LogP contribution is 2.16. The molecule has 1 atom stereocenters. The molecule has 0 aliphatic heterocycles. The Morgan fingerprint density at radius 3 is 2.26 bits per heavy atom. The molecule has 0 aliphatic carbocycles. The normalized spacial score (nSPS) is 13.5. The molecular formula is C14H24N2O2S. The van der Waals surface area contributed by atoms with Gasteiger partial charge in [0, 0.05) is 18.3 Å². The minimum atomic E-state index is -3.12. The maximum atomic E-state index is 11.9. The molecule has 1 aromatic rings. The average molecular weight is 284 g/mol. The molecule has 0 saturated heterocycles. The molecular weight excluding hydrogens is 260 g/mol. The predicted octanol–water partition coefficient (Wildman–Crippen LogP) is 2.27. The molecule has 0 saturated carbocycles. The molecule has 0 aliphatic rings. The van der Waals surface area contributed by atoms with Crippen molar-refractivity contribution in [1.29, 1.82) is 0 Å². The van der Waals surface area contributed by atoms with Crippen LogP contribution in [-0.4, -0.2) is 26.8 Å². The van der Waals surface area contributed by atoms with Crippen molar-refractivity contribution in [2.75, 3.05) is 17.6 Å². The van der Waals surface area contributed by atoms with Crippen LogP contribution in [0.2, 0.25) is 0 Å². The van der Waals surface area contributed by atoms with Gasteiger partial charge in [0.05, 0.1) is 10.6 Å². The van der Waals surface area contributed by atoms with E-state index in [2.05, 4.69) is 19.2 Å². The summed E-state index contributed by atoms with van der Waals surface area (Å²) in [6, 6.07) is 6.96. The number of hydrogen-bond donors (Lipinski definition) is 2. The smallest absolute Gasteiger partial charge is 0.178 e. The summed E-state index contributed by atoms with van der Waals surface area (Å²) in [6.45, 7) is 6.69. The van der Waals surface area contributed by atoms with E-state index >= 15 is 0 Å². The van der Waals surface area contributed by atoms with E-state index in [1.807, 2.05) is 6.92 Å². The van der Waals surface area contributed by atoms with Gasteiger partial charge in [-0.05, 0) is 36.6 Å². The van der Waals surface area contributed by atoms with Gasteiger partial charge in [0.15, 0.2) is 9.84 Å². The zero-order valence-electron chi connectivity index (χ0n) is 11.9. The van der Waals surface area contributed by atoms with Crippen molar-refractivity contribution in [3.05, 3.63) is 24.3 Å². The standard InChI is InChI=1S/C14H24N2O2S/c1-4-9-19(17,18)13-7-5-12(6-8-13)16-10-14(15)11(2)3/h5-8,11,14,16H,4,9-10,15H2,1-3H3. The first kappa shape index (κ1) is 16.0. The van der Waals surface area contributed by atoms with Gasteiger partial charge < -0.3 is 11.1 Å². The summed E-state index contributed by atoms with van der Waals surface area (Å²) in [5.74, 6) is 0.606. The summed E-state index contributed by atoms with van der Waals surface area (Å²) >= 11 is 0. The molecule has 0 bridgehead atoms. The van der Waals surface area contributed by atoms with E-state index in [-0.39, 0.29) is 11.8 Å². The Kier molecular flexibility index (Phi) is 5.82. The minimum Gasteiger partial charge on any atom is -0.383 e. The second-order valence-corrected chi connectivity index (χ2v) is 7.24. The Morgan fingerprint density at radius 1 is 1.21 bits per heavy atom. The number of hydrogen-bond acceptors (Lipinski definition) is 4. The van der Waals surface area contributed by atoms with Crippen LogP contribution in [-0.2, 0) is 9.84 Å². The van der Waals surface area contributed by atoms with E-state index in [0.717, 1.165) is 5.69 Å². The highest BCUT2D eigenvalue weighted by molar-refractivity contribution is 7.91. The first-order chi connectivity index (χ1) is 8.86. The number of sulfone groups is 1. The summed E-state index contributed by atoms with van der Waals surface area (Å²) in [7, 11) is -3.12. The Bertz CT molecular complexity index is 481. The maximum absolute atomic E-state index is 11.9. The van der Waals surface area contributed by atoms with Gasteiger partial charge in [-0.15, -0.1) is 0 Å². The molecule has 1 rings (SSSR count). The molecule has 4 nitrogen and oxygen atoms in total. The quantitative estimate of drug-likeness (QED) is 0.805. The molecule has 0 amide bonds. The van der Waals surface area contributed by atoms with Crippen molar-refractivity contribution < 1.29 is 8.42 Å². The fraction of sp³-hybridized carbons (Fsp3) is 0.571. The maximum Gasteiger partial charge on any atom is 0.178 e. The SMILES string of the molecule is CCCS(=O)(=O)c1ccc(NCC(N)C(C)C)cc1. The second kappa shape index (κ2) is 6.91. The topological polar surface area (TPSA) is 72.2 Å². The predicted molar refractivity (Wildman–Crippen MR) is 80.1 cm³/mol. The van der Waals surface area contributed by atoms with Crippen LogP contribution in [0.3, 0.4) is 0 Å². The van der Waals surface area contributed by atoms with Crippen molar-refractivity contribution in [3.8, 4) is 0 Å². The second-order valence-electron chi connectivity index (χ2n) is 5.13. The first-order valence-electron chi connectivity index (χ1n) is 6.69. The van der Waals surface area contributed by atoms with Gasteiger partial charge in [-0.2, -0.15) is 0 Å². The summed E-state index contributed by atoms with van der Waals surface area (Å²) in [4.78, 5) is 0.382. The number of anilines is 1. The summed E-state index contributed by atoms with van der Waals surface area (Å²) < 4.78 is 23.7. The molecule has 1 aromatic carbocycles. The molecule has 1 unspecified atom stereocenters. The number of benzene rings is 1. The fourth-order valence-corrected chi connectivity index (χ4v) is 2.96. The van der Waals surface area contributed by atoms with E-state index in [4.69, 9.17) is 5.73 Å². The van der Waals surface area contributed by atoms with Gasteiger partial charge >= 0.3 is 0 Å². The molecule has 108 valence electrons. The van der Waals surface area contributed by atoms with Crippen molar-refractivity contribution in [2.24, 2.45) is 11.7 Å². The van der Waals surface area contributed by atoms with Gasteiger partial charge in [0.2, 0.25) is 0 Å². The van der Waals surface area contributed by atoms with E-state index in [0.29, 0.717) is 23.8 Å². The molecule has 0 fully saturated rings. The molecule has 5 heteroatoms. The third-order valence-corrected chi connectivity index (χ3v) is 5.02.